The maximum Gasteiger partial charge on any atom is 0.186 e. The average Bonchev–Trinajstić information content (AvgIpc) is 2.74. The van der Waals surface area contributed by atoms with E-state index in [1.54, 1.807) is 4.68 Å². The van der Waals surface area contributed by atoms with Crippen LogP contribution in [0.25, 0.3) is 5.69 Å². The van der Waals surface area contributed by atoms with Crippen molar-refractivity contribution in [2.45, 2.75) is 19.8 Å². The third-order valence-corrected chi connectivity index (χ3v) is 2.96. The Morgan fingerprint density at radius 2 is 2.06 bits per heavy atom. The molecule has 86 valence electrons. The van der Waals surface area contributed by atoms with E-state index in [1.165, 1.54) is 0 Å². The molecule has 4 nitrogen and oxygen atoms in total. The second-order valence-corrected chi connectivity index (χ2v) is 4.55. The van der Waals surface area contributed by atoms with Crippen molar-refractivity contribution in [2.24, 2.45) is 0 Å². The summed E-state index contributed by atoms with van der Waals surface area (Å²) in [6.45, 7) is 2.07. The van der Waals surface area contributed by atoms with Gasteiger partial charge in [0.15, 0.2) is 5.69 Å². The number of rotatable bonds is 3. The normalized spacial score (nSPS) is 10.2. The smallest absolute Gasteiger partial charge is 0.186 e. The summed E-state index contributed by atoms with van der Waals surface area (Å²) in [6, 6.07) is 9.85. The number of halogens is 1. The fourth-order valence-electron chi connectivity index (χ4n) is 1.64. The molecule has 17 heavy (non-hydrogen) atoms. The lowest BCUT2D eigenvalue weighted by Gasteiger charge is -2.05. The molecule has 1 aromatic heterocycles. The highest BCUT2D eigenvalue weighted by atomic mass is 79.9. The van der Waals surface area contributed by atoms with E-state index in [4.69, 9.17) is 5.26 Å². The quantitative estimate of drug-likeness (QED) is 0.873. The van der Waals surface area contributed by atoms with Gasteiger partial charge in [-0.1, -0.05) is 34.5 Å². The van der Waals surface area contributed by atoms with Gasteiger partial charge in [0.25, 0.3) is 0 Å². The van der Waals surface area contributed by atoms with E-state index in [0.717, 1.165) is 28.7 Å². The fraction of sp³-hybridized carbons (Fsp3) is 0.250. The largest absolute Gasteiger partial charge is 0.216 e. The summed E-state index contributed by atoms with van der Waals surface area (Å²) in [5.74, 6) is 0. The van der Waals surface area contributed by atoms with Crippen LogP contribution in [0.4, 0.5) is 0 Å². The first-order valence-electron chi connectivity index (χ1n) is 5.37. The molecule has 0 radical (unpaired) electrons. The number of nitrogens with zero attached hydrogens (tertiary/aromatic N) is 4. The van der Waals surface area contributed by atoms with Gasteiger partial charge in [0, 0.05) is 4.47 Å². The Kier molecular flexibility index (Phi) is 3.55. The van der Waals surface area contributed by atoms with Crippen LogP contribution in [0.2, 0.25) is 0 Å². The minimum Gasteiger partial charge on any atom is -0.216 e. The molecule has 1 heterocycles. The van der Waals surface area contributed by atoms with E-state index in [0.29, 0.717) is 5.69 Å². The number of aromatic nitrogens is 3. The topological polar surface area (TPSA) is 54.5 Å². The third-order valence-electron chi connectivity index (χ3n) is 2.43. The standard InChI is InChI=1S/C12H11BrN4/c1-2-3-12-11(8-14)15-16-17(12)10-6-4-9(13)5-7-10/h4-7H,2-3H2,1H3. The molecule has 0 aliphatic rings. The molecule has 0 bridgehead atoms. The Balaban J connectivity index is 2.48. The monoisotopic (exact) mass is 290 g/mol. The van der Waals surface area contributed by atoms with E-state index in [9.17, 15) is 0 Å². The number of nitriles is 1. The molecule has 0 aliphatic carbocycles. The van der Waals surface area contributed by atoms with Gasteiger partial charge in [-0.05, 0) is 30.7 Å². The Morgan fingerprint density at radius 1 is 1.35 bits per heavy atom. The molecular weight excluding hydrogens is 280 g/mol. The predicted molar refractivity (Wildman–Crippen MR) is 67.8 cm³/mol. The second kappa shape index (κ2) is 5.11. The minimum absolute atomic E-state index is 0.412. The van der Waals surface area contributed by atoms with Crippen molar-refractivity contribution in [2.75, 3.05) is 0 Å². The number of hydrogen-bond acceptors (Lipinski definition) is 3. The molecule has 2 aromatic rings. The van der Waals surface area contributed by atoms with Gasteiger partial charge >= 0.3 is 0 Å². The maximum atomic E-state index is 8.98. The van der Waals surface area contributed by atoms with Crippen molar-refractivity contribution in [3.8, 4) is 11.8 Å². The molecule has 0 spiro atoms. The van der Waals surface area contributed by atoms with Crippen LogP contribution in [-0.2, 0) is 6.42 Å². The highest BCUT2D eigenvalue weighted by molar-refractivity contribution is 9.10. The molecule has 0 saturated heterocycles. The van der Waals surface area contributed by atoms with Crippen LogP contribution >= 0.6 is 15.9 Å². The SMILES string of the molecule is CCCc1c(C#N)nnn1-c1ccc(Br)cc1. The lowest BCUT2D eigenvalue weighted by atomic mass is 10.2. The second-order valence-electron chi connectivity index (χ2n) is 3.63. The molecule has 0 saturated carbocycles. The lowest BCUT2D eigenvalue weighted by Crippen LogP contribution is -2.02. The van der Waals surface area contributed by atoms with Crippen molar-refractivity contribution >= 4 is 15.9 Å². The van der Waals surface area contributed by atoms with Crippen LogP contribution in [0.1, 0.15) is 24.7 Å². The minimum atomic E-state index is 0.412. The summed E-state index contributed by atoms with van der Waals surface area (Å²) in [5.41, 5.74) is 2.21. The van der Waals surface area contributed by atoms with E-state index in [1.807, 2.05) is 24.3 Å². The van der Waals surface area contributed by atoms with Gasteiger partial charge in [-0.3, -0.25) is 0 Å². The van der Waals surface area contributed by atoms with Gasteiger partial charge in [-0.25, -0.2) is 4.68 Å². The summed E-state index contributed by atoms with van der Waals surface area (Å²) in [4.78, 5) is 0. The van der Waals surface area contributed by atoms with E-state index >= 15 is 0 Å². The third kappa shape index (κ3) is 2.37. The predicted octanol–water partition coefficient (Wildman–Crippen LogP) is 2.85. The van der Waals surface area contributed by atoms with Gasteiger partial charge in [-0.2, -0.15) is 5.26 Å². The number of hydrogen-bond donors (Lipinski definition) is 0. The van der Waals surface area contributed by atoms with Crippen molar-refractivity contribution in [1.82, 2.24) is 15.0 Å². The molecule has 0 N–H and O–H groups in total. The summed E-state index contributed by atoms with van der Waals surface area (Å²) >= 11 is 3.39. The van der Waals surface area contributed by atoms with Crippen LogP contribution in [0.15, 0.2) is 28.7 Å². The Morgan fingerprint density at radius 3 is 2.65 bits per heavy atom. The fourth-order valence-corrected chi connectivity index (χ4v) is 1.90. The Bertz CT molecular complexity index is 551. The number of benzene rings is 1. The summed E-state index contributed by atoms with van der Waals surface area (Å²) in [5, 5.41) is 16.9. The maximum absolute atomic E-state index is 8.98. The summed E-state index contributed by atoms with van der Waals surface area (Å²) in [7, 11) is 0. The van der Waals surface area contributed by atoms with Gasteiger partial charge in [0.2, 0.25) is 0 Å². The molecule has 0 unspecified atom stereocenters. The highest BCUT2D eigenvalue weighted by Gasteiger charge is 2.12. The van der Waals surface area contributed by atoms with Gasteiger partial charge < -0.3 is 0 Å². The molecule has 0 fully saturated rings. The Labute approximate surface area is 108 Å². The molecule has 0 atom stereocenters. The van der Waals surface area contributed by atoms with Crippen molar-refractivity contribution in [3.63, 3.8) is 0 Å². The van der Waals surface area contributed by atoms with Gasteiger partial charge in [0.1, 0.15) is 6.07 Å². The first-order chi connectivity index (χ1) is 8.26. The van der Waals surface area contributed by atoms with Crippen LogP contribution in [0, 0.1) is 11.3 Å². The first-order valence-corrected chi connectivity index (χ1v) is 6.16. The molecular formula is C12H11BrN4. The summed E-state index contributed by atoms with van der Waals surface area (Å²) < 4.78 is 2.74. The summed E-state index contributed by atoms with van der Waals surface area (Å²) in [6.07, 6.45) is 1.75. The zero-order valence-electron chi connectivity index (χ0n) is 9.39. The van der Waals surface area contributed by atoms with E-state index in [-0.39, 0.29) is 0 Å². The zero-order valence-corrected chi connectivity index (χ0v) is 11.0. The molecule has 0 amide bonds. The van der Waals surface area contributed by atoms with E-state index < -0.39 is 0 Å². The first kappa shape index (κ1) is 11.8. The van der Waals surface area contributed by atoms with Crippen molar-refractivity contribution in [3.05, 3.63) is 40.1 Å². The average molecular weight is 291 g/mol. The van der Waals surface area contributed by atoms with Crippen LogP contribution < -0.4 is 0 Å². The van der Waals surface area contributed by atoms with Crippen LogP contribution in [0.3, 0.4) is 0 Å². The Hall–Kier alpha value is -1.67. The van der Waals surface area contributed by atoms with Crippen LogP contribution in [0.5, 0.6) is 0 Å². The van der Waals surface area contributed by atoms with Crippen molar-refractivity contribution in [1.29, 1.82) is 5.26 Å². The molecule has 2 rings (SSSR count). The van der Waals surface area contributed by atoms with Gasteiger partial charge in [-0.15, -0.1) is 5.10 Å². The van der Waals surface area contributed by atoms with Gasteiger partial charge in [0.05, 0.1) is 11.4 Å². The molecule has 5 heteroatoms. The zero-order chi connectivity index (χ0) is 12.3. The highest BCUT2D eigenvalue weighted by Crippen LogP contribution is 2.17. The van der Waals surface area contributed by atoms with E-state index in [2.05, 4.69) is 39.2 Å². The lowest BCUT2D eigenvalue weighted by molar-refractivity contribution is 0.745. The van der Waals surface area contributed by atoms with Crippen molar-refractivity contribution < 1.29 is 0 Å². The molecule has 0 aliphatic heterocycles. The van der Waals surface area contributed by atoms with Crippen LogP contribution in [-0.4, -0.2) is 15.0 Å². The molecule has 1 aromatic carbocycles.